The van der Waals surface area contributed by atoms with E-state index in [9.17, 15) is 9.59 Å². The van der Waals surface area contributed by atoms with Gasteiger partial charge in [0.2, 0.25) is 0 Å². The molecule has 0 saturated carbocycles. The number of imide groups is 1. The summed E-state index contributed by atoms with van der Waals surface area (Å²) in [6, 6.07) is 9.09. The van der Waals surface area contributed by atoms with Crippen LogP contribution in [0.15, 0.2) is 30.3 Å². The number of aliphatic hydroxyl groups excluding tert-OH is 1. The van der Waals surface area contributed by atoms with Gasteiger partial charge in [-0.1, -0.05) is 12.1 Å². The summed E-state index contributed by atoms with van der Waals surface area (Å²) < 4.78 is 0. The van der Waals surface area contributed by atoms with E-state index in [0.717, 1.165) is 16.0 Å². The van der Waals surface area contributed by atoms with Gasteiger partial charge in [0.25, 0.3) is 11.8 Å². The lowest BCUT2D eigenvalue weighted by Crippen LogP contribution is -2.42. The molecule has 0 atom stereocenters. The van der Waals surface area contributed by atoms with Crippen LogP contribution >= 0.6 is 0 Å². The molecule has 0 bridgehead atoms. The van der Waals surface area contributed by atoms with Crippen LogP contribution in [-0.2, 0) is 0 Å². The van der Waals surface area contributed by atoms with Crippen LogP contribution in [0.2, 0.25) is 0 Å². The maximum Gasteiger partial charge on any atom is 0.261 e. The summed E-state index contributed by atoms with van der Waals surface area (Å²) in [6.07, 6.45) is 0. The first-order valence-corrected chi connectivity index (χ1v) is 6.76. The molecule has 0 radical (unpaired) electrons. The van der Waals surface area contributed by atoms with Gasteiger partial charge in [0.1, 0.15) is 0 Å². The van der Waals surface area contributed by atoms with Gasteiger partial charge < -0.3 is 10.0 Å². The largest absolute Gasteiger partial charge is 0.395 e. The molecule has 0 aliphatic carbocycles. The Kier molecular flexibility index (Phi) is 3.14. The zero-order valence-corrected chi connectivity index (χ0v) is 12.0. The Morgan fingerprint density at radius 2 is 1.71 bits per heavy atom. The molecule has 21 heavy (non-hydrogen) atoms. The lowest BCUT2D eigenvalue weighted by molar-refractivity contribution is 0.0580. The number of carbonyl (C=O) groups excluding carboxylic acids is 2. The Bertz CT molecular complexity index is 730. The van der Waals surface area contributed by atoms with Crippen molar-refractivity contribution in [3.05, 3.63) is 41.5 Å². The summed E-state index contributed by atoms with van der Waals surface area (Å²) >= 11 is 0. The number of anilines is 1. The Hall–Kier alpha value is -2.40. The van der Waals surface area contributed by atoms with Crippen molar-refractivity contribution < 1.29 is 14.7 Å². The van der Waals surface area contributed by atoms with Crippen LogP contribution in [0.5, 0.6) is 0 Å². The monoisotopic (exact) mass is 284 g/mol. The third-order valence-corrected chi connectivity index (χ3v) is 3.77. The molecule has 1 aliphatic heterocycles. The number of hydrogen-bond acceptors (Lipinski definition) is 4. The first kappa shape index (κ1) is 13.6. The SMILES string of the molecule is CN(C)c1ccc2c3c(cccc13)C(=O)N(CCO)C2=O. The second-order valence-corrected chi connectivity index (χ2v) is 5.24. The molecular weight excluding hydrogens is 268 g/mol. The topological polar surface area (TPSA) is 60.9 Å². The van der Waals surface area contributed by atoms with Gasteiger partial charge in [-0.3, -0.25) is 14.5 Å². The van der Waals surface area contributed by atoms with Crippen molar-refractivity contribution in [3.63, 3.8) is 0 Å². The van der Waals surface area contributed by atoms with Gasteiger partial charge in [-0.05, 0) is 18.2 Å². The lowest BCUT2D eigenvalue weighted by atomic mass is 9.93. The molecule has 2 aromatic carbocycles. The summed E-state index contributed by atoms with van der Waals surface area (Å²) in [5.41, 5.74) is 1.99. The number of β-amino-alcohol motifs (C(OH)–C–C–N with tert-alkyl or cyclic N) is 1. The highest BCUT2D eigenvalue weighted by atomic mass is 16.3. The number of hydrogen-bond donors (Lipinski definition) is 1. The fourth-order valence-electron chi connectivity index (χ4n) is 2.82. The van der Waals surface area contributed by atoms with Gasteiger partial charge in [0, 0.05) is 41.7 Å². The molecule has 5 nitrogen and oxygen atoms in total. The van der Waals surface area contributed by atoms with E-state index in [-0.39, 0.29) is 25.0 Å². The van der Waals surface area contributed by atoms with Crippen molar-refractivity contribution in [2.45, 2.75) is 0 Å². The van der Waals surface area contributed by atoms with E-state index in [1.807, 2.05) is 37.2 Å². The average Bonchev–Trinajstić information content (AvgIpc) is 2.48. The minimum atomic E-state index is -0.344. The zero-order chi connectivity index (χ0) is 15.1. The highest BCUT2D eigenvalue weighted by Crippen LogP contribution is 2.35. The van der Waals surface area contributed by atoms with E-state index >= 15 is 0 Å². The first-order valence-electron chi connectivity index (χ1n) is 6.76. The predicted octanol–water partition coefficient (Wildman–Crippen LogP) is 1.49. The molecule has 1 heterocycles. The van der Waals surface area contributed by atoms with Crippen LogP contribution in [0, 0.1) is 0 Å². The first-order chi connectivity index (χ1) is 10.1. The molecule has 0 aromatic heterocycles. The summed E-state index contributed by atoms with van der Waals surface area (Å²) in [6.45, 7) is -0.221. The van der Waals surface area contributed by atoms with Crippen LogP contribution in [0.1, 0.15) is 20.7 Å². The van der Waals surface area contributed by atoms with Gasteiger partial charge in [-0.25, -0.2) is 0 Å². The Labute approximate surface area is 122 Å². The molecule has 0 saturated heterocycles. The molecule has 3 rings (SSSR count). The molecule has 5 heteroatoms. The Morgan fingerprint density at radius 3 is 2.33 bits per heavy atom. The third-order valence-electron chi connectivity index (χ3n) is 3.77. The summed E-state index contributed by atoms with van der Waals surface area (Å²) in [4.78, 5) is 28.0. The molecule has 2 amide bonds. The quantitative estimate of drug-likeness (QED) is 0.868. The summed E-state index contributed by atoms with van der Waals surface area (Å²) in [5.74, 6) is -0.689. The number of rotatable bonds is 3. The normalized spacial score (nSPS) is 14.0. The lowest BCUT2D eigenvalue weighted by Gasteiger charge is -2.28. The smallest absolute Gasteiger partial charge is 0.261 e. The minimum absolute atomic E-state index is 0.0168. The minimum Gasteiger partial charge on any atom is -0.395 e. The van der Waals surface area contributed by atoms with E-state index < -0.39 is 0 Å². The van der Waals surface area contributed by atoms with Crippen molar-refractivity contribution in [2.75, 3.05) is 32.1 Å². The Morgan fingerprint density at radius 1 is 1.05 bits per heavy atom. The number of aliphatic hydroxyl groups is 1. The second kappa shape index (κ2) is 4.86. The van der Waals surface area contributed by atoms with Crippen LogP contribution < -0.4 is 4.90 Å². The van der Waals surface area contributed by atoms with E-state index in [1.54, 1.807) is 12.1 Å². The van der Waals surface area contributed by atoms with Crippen LogP contribution in [0.25, 0.3) is 10.8 Å². The molecule has 0 fully saturated rings. The number of amides is 2. The fraction of sp³-hybridized carbons (Fsp3) is 0.250. The molecule has 108 valence electrons. The summed E-state index contributed by atoms with van der Waals surface area (Å²) in [5, 5.41) is 10.7. The van der Waals surface area contributed by atoms with Crippen molar-refractivity contribution in [1.82, 2.24) is 4.90 Å². The van der Waals surface area contributed by atoms with Crippen molar-refractivity contribution >= 4 is 28.3 Å². The van der Waals surface area contributed by atoms with Crippen LogP contribution in [0.3, 0.4) is 0 Å². The molecule has 1 aliphatic rings. The number of nitrogens with zero attached hydrogens (tertiary/aromatic N) is 2. The van der Waals surface area contributed by atoms with Gasteiger partial charge in [0.15, 0.2) is 0 Å². The van der Waals surface area contributed by atoms with E-state index in [0.29, 0.717) is 16.5 Å². The molecule has 0 unspecified atom stereocenters. The highest BCUT2D eigenvalue weighted by Gasteiger charge is 2.32. The third kappa shape index (κ3) is 1.89. The zero-order valence-electron chi connectivity index (χ0n) is 12.0. The Balaban J connectivity index is 2.33. The van der Waals surface area contributed by atoms with Crippen molar-refractivity contribution in [1.29, 1.82) is 0 Å². The van der Waals surface area contributed by atoms with E-state index in [1.165, 1.54) is 0 Å². The van der Waals surface area contributed by atoms with E-state index in [2.05, 4.69) is 0 Å². The van der Waals surface area contributed by atoms with Crippen molar-refractivity contribution in [2.24, 2.45) is 0 Å². The number of carbonyl (C=O) groups is 2. The van der Waals surface area contributed by atoms with Crippen molar-refractivity contribution in [3.8, 4) is 0 Å². The maximum absolute atomic E-state index is 12.5. The molecule has 1 N–H and O–H groups in total. The predicted molar refractivity (Wildman–Crippen MR) is 80.7 cm³/mol. The van der Waals surface area contributed by atoms with Crippen LogP contribution in [-0.4, -0.2) is 49.1 Å². The van der Waals surface area contributed by atoms with Gasteiger partial charge in [0.05, 0.1) is 13.2 Å². The van der Waals surface area contributed by atoms with Gasteiger partial charge in [-0.2, -0.15) is 0 Å². The highest BCUT2D eigenvalue weighted by molar-refractivity contribution is 6.26. The number of benzene rings is 2. The second-order valence-electron chi connectivity index (χ2n) is 5.24. The molecule has 0 spiro atoms. The van der Waals surface area contributed by atoms with E-state index in [4.69, 9.17) is 5.11 Å². The molecule has 2 aromatic rings. The fourth-order valence-corrected chi connectivity index (χ4v) is 2.82. The van der Waals surface area contributed by atoms with Gasteiger partial charge >= 0.3 is 0 Å². The maximum atomic E-state index is 12.5. The molecular formula is C16H16N2O3. The van der Waals surface area contributed by atoms with Crippen LogP contribution in [0.4, 0.5) is 5.69 Å². The standard InChI is InChI=1S/C16H16N2O3/c1-17(2)13-7-6-12-14-10(13)4-3-5-11(14)15(20)18(8-9-19)16(12)21/h3-7,19H,8-9H2,1-2H3. The van der Waals surface area contributed by atoms with Gasteiger partial charge in [-0.15, -0.1) is 0 Å². The summed E-state index contributed by atoms with van der Waals surface area (Å²) in [7, 11) is 3.85. The average molecular weight is 284 g/mol.